The van der Waals surface area contributed by atoms with Crippen LogP contribution in [0.15, 0.2) is 60.1 Å². The number of nitrogens with zero attached hydrogens (tertiary/aromatic N) is 3. The lowest BCUT2D eigenvalue weighted by Gasteiger charge is -2.06. The lowest BCUT2D eigenvalue weighted by Crippen LogP contribution is -2.16. The molecule has 0 aliphatic rings. The highest BCUT2D eigenvalue weighted by Crippen LogP contribution is 2.26. The Morgan fingerprint density at radius 2 is 2.00 bits per heavy atom. The summed E-state index contributed by atoms with van der Waals surface area (Å²) in [5.41, 5.74) is 2.09. The number of nitrogens with one attached hydrogen (secondary N) is 1. The van der Waals surface area contributed by atoms with Gasteiger partial charge in [-0.2, -0.15) is 5.10 Å². The molecule has 0 saturated heterocycles. The number of amides is 1. The maximum absolute atomic E-state index is 12.8. The van der Waals surface area contributed by atoms with Crippen molar-refractivity contribution in [3.05, 3.63) is 70.7 Å². The van der Waals surface area contributed by atoms with Gasteiger partial charge in [0.1, 0.15) is 11.4 Å². The van der Waals surface area contributed by atoms with E-state index in [0.29, 0.717) is 10.8 Å². The zero-order valence-electron chi connectivity index (χ0n) is 13.3. The SMILES string of the molecule is Cc1cnc(NC(=O)c2cc(-c3cccs3)nn2-c2ccccc2)s1. The molecule has 124 valence electrons. The fourth-order valence-electron chi connectivity index (χ4n) is 2.43. The van der Waals surface area contributed by atoms with Gasteiger partial charge in [-0.25, -0.2) is 9.67 Å². The van der Waals surface area contributed by atoms with Crippen LogP contribution in [-0.2, 0) is 0 Å². The van der Waals surface area contributed by atoms with Gasteiger partial charge in [-0.1, -0.05) is 24.3 Å². The molecule has 5 nitrogen and oxygen atoms in total. The normalized spacial score (nSPS) is 10.8. The maximum atomic E-state index is 12.8. The molecular weight excluding hydrogens is 352 g/mol. The van der Waals surface area contributed by atoms with Gasteiger partial charge in [-0.15, -0.1) is 22.7 Å². The molecule has 0 spiro atoms. The third-order valence-corrected chi connectivity index (χ3v) is 5.28. The first-order chi connectivity index (χ1) is 12.2. The fourth-order valence-corrected chi connectivity index (χ4v) is 3.77. The second-order valence-corrected chi connectivity index (χ2v) is 7.55. The van der Waals surface area contributed by atoms with Crippen molar-refractivity contribution in [3.8, 4) is 16.3 Å². The number of aryl methyl sites for hydroxylation is 1. The van der Waals surface area contributed by atoms with Gasteiger partial charge in [-0.05, 0) is 36.6 Å². The van der Waals surface area contributed by atoms with Crippen LogP contribution in [0.25, 0.3) is 16.3 Å². The summed E-state index contributed by atoms with van der Waals surface area (Å²) in [5, 5.41) is 10.1. The van der Waals surface area contributed by atoms with Crippen LogP contribution in [0.1, 0.15) is 15.4 Å². The second kappa shape index (κ2) is 6.62. The third-order valence-electron chi connectivity index (χ3n) is 3.56. The van der Waals surface area contributed by atoms with Crippen molar-refractivity contribution in [1.29, 1.82) is 0 Å². The molecule has 4 aromatic rings. The lowest BCUT2D eigenvalue weighted by molar-refractivity contribution is 0.101. The Kier molecular flexibility index (Phi) is 4.17. The first-order valence-electron chi connectivity index (χ1n) is 7.64. The average Bonchev–Trinajstić information content (AvgIpc) is 3.35. The Morgan fingerprint density at radius 3 is 2.68 bits per heavy atom. The summed E-state index contributed by atoms with van der Waals surface area (Å²) in [6.07, 6.45) is 1.74. The first-order valence-corrected chi connectivity index (χ1v) is 9.33. The molecule has 25 heavy (non-hydrogen) atoms. The molecular formula is C18H14N4OS2. The van der Waals surface area contributed by atoms with Gasteiger partial charge in [0, 0.05) is 11.1 Å². The largest absolute Gasteiger partial charge is 0.296 e. The van der Waals surface area contributed by atoms with Crippen LogP contribution in [0, 0.1) is 6.92 Å². The number of hydrogen-bond donors (Lipinski definition) is 1. The first kappa shape index (κ1) is 15.7. The molecule has 3 aromatic heterocycles. The van der Waals surface area contributed by atoms with Gasteiger partial charge in [0.2, 0.25) is 0 Å². The van der Waals surface area contributed by atoms with Crippen LogP contribution in [0.3, 0.4) is 0 Å². The summed E-state index contributed by atoms with van der Waals surface area (Å²) in [7, 11) is 0. The van der Waals surface area contributed by atoms with Crippen LogP contribution in [0.5, 0.6) is 0 Å². The van der Waals surface area contributed by atoms with E-state index in [4.69, 9.17) is 0 Å². The molecule has 0 bridgehead atoms. The topological polar surface area (TPSA) is 59.8 Å². The zero-order chi connectivity index (χ0) is 17.2. The minimum absolute atomic E-state index is 0.228. The third kappa shape index (κ3) is 3.24. The molecule has 7 heteroatoms. The number of thiazole rings is 1. The van der Waals surface area contributed by atoms with E-state index in [-0.39, 0.29) is 5.91 Å². The number of carbonyl (C=O) groups excluding carboxylic acids is 1. The highest BCUT2D eigenvalue weighted by molar-refractivity contribution is 7.15. The van der Waals surface area contributed by atoms with E-state index in [1.165, 1.54) is 11.3 Å². The Balaban J connectivity index is 1.75. The van der Waals surface area contributed by atoms with E-state index >= 15 is 0 Å². The van der Waals surface area contributed by atoms with Crippen LogP contribution in [0.2, 0.25) is 0 Å². The minimum atomic E-state index is -0.228. The molecule has 1 N–H and O–H groups in total. The van der Waals surface area contributed by atoms with Gasteiger partial charge >= 0.3 is 0 Å². The second-order valence-electron chi connectivity index (χ2n) is 5.37. The molecule has 4 rings (SSSR count). The van der Waals surface area contributed by atoms with Gasteiger partial charge in [-0.3, -0.25) is 10.1 Å². The van der Waals surface area contributed by atoms with Gasteiger partial charge in [0.05, 0.1) is 10.6 Å². The Bertz CT molecular complexity index is 1000. The molecule has 1 amide bonds. The zero-order valence-corrected chi connectivity index (χ0v) is 15.0. The van der Waals surface area contributed by atoms with E-state index in [1.807, 2.05) is 60.8 Å². The number of rotatable bonds is 4. The quantitative estimate of drug-likeness (QED) is 0.573. The van der Waals surface area contributed by atoms with Gasteiger partial charge in [0.15, 0.2) is 5.13 Å². The molecule has 0 atom stereocenters. The number of benzene rings is 1. The van der Waals surface area contributed by atoms with Crippen molar-refractivity contribution in [2.45, 2.75) is 6.92 Å². The minimum Gasteiger partial charge on any atom is -0.296 e. The maximum Gasteiger partial charge on any atom is 0.276 e. The molecule has 0 aliphatic carbocycles. The smallest absolute Gasteiger partial charge is 0.276 e. The Morgan fingerprint density at radius 1 is 1.16 bits per heavy atom. The number of aromatic nitrogens is 3. The highest BCUT2D eigenvalue weighted by atomic mass is 32.1. The van der Waals surface area contributed by atoms with Crippen molar-refractivity contribution in [1.82, 2.24) is 14.8 Å². The predicted molar refractivity (Wildman–Crippen MR) is 102 cm³/mol. The standard InChI is InChI=1S/C18H14N4OS2/c1-12-11-19-18(25-12)20-17(23)15-10-14(16-8-5-9-24-16)21-22(15)13-6-3-2-4-7-13/h2-11H,1H3,(H,19,20,23). The summed E-state index contributed by atoms with van der Waals surface area (Å²) < 4.78 is 1.67. The van der Waals surface area contributed by atoms with Gasteiger partial charge < -0.3 is 0 Å². The molecule has 0 radical (unpaired) electrons. The van der Waals surface area contributed by atoms with E-state index in [0.717, 1.165) is 21.1 Å². The fraction of sp³-hybridized carbons (Fsp3) is 0.0556. The van der Waals surface area contributed by atoms with E-state index in [1.54, 1.807) is 22.2 Å². The number of thiophene rings is 1. The van der Waals surface area contributed by atoms with Crippen molar-refractivity contribution in [3.63, 3.8) is 0 Å². The monoisotopic (exact) mass is 366 g/mol. The molecule has 0 saturated carbocycles. The number of para-hydroxylation sites is 1. The van der Waals surface area contributed by atoms with Crippen molar-refractivity contribution in [2.75, 3.05) is 5.32 Å². The summed E-state index contributed by atoms with van der Waals surface area (Å²) in [5.74, 6) is -0.228. The molecule has 3 heterocycles. The van der Waals surface area contributed by atoms with Crippen molar-refractivity contribution < 1.29 is 4.79 Å². The highest BCUT2D eigenvalue weighted by Gasteiger charge is 2.19. The van der Waals surface area contributed by atoms with Gasteiger partial charge in [0.25, 0.3) is 5.91 Å². The van der Waals surface area contributed by atoms with Crippen LogP contribution >= 0.6 is 22.7 Å². The Hall–Kier alpha value is -2.77. The van der Waals surface area contributed by atoms with E-state index in [2.05, 4.69) is 15.4 Å². The lowest BCUT2D eigenvalue weighted by atomic mass is 10.3. The van der Waals surface area contributed by atoms with Crippen LogP contribution in [-0.4, -0.2) is 20.7 Å². The molecule has 0 fully saturated rings. The molecule has 0 unspecified atom stereocenters. The summed E-state index contributed by atoms with van der Waals surface area (Å²) in [6, 6.07) is 15.4. The molecule has 0 aliphatic heterocycles. The van der Waals surface area contributed by atoms with Crippen LogP contribution in [0.4, 0.5) is 5.13 Å². The van der Waals surface area contributed by atoms with E-state index in [9.17, 15) is 4.79 Å². The predicted octanol–water partition coefficient (Wildman–Crippen LogP) is 4.62. The number of hydrogen-bond acceptors (Lipinski definition) is 5. The van der Waals surface area contributed by atoms with E-state index < -0.39 is 0 Å². The summed E-state index contributed by atoms with van der Waals surface area (Å²) in [6.45, 7) is 1.95. The molecule has 1 aromatic carbocycles. The average molecular weight is 366 g/mol. The van der Waals surface area contributed by atoms with Crippen LogP contribution < -0.4 is 5.32 Å². The number of carbonyl (C=O) groups is 1. The number of anilines is 1. The summed E-state index contributed by atoms with van der Waals surface area (Å²) in [4.78, 5) is 19.1. The summed E-state index contributed by atoms with van der Waals surface area (Å²) >= 11 is 3.04. The Labute approximate surface area is 152 Å². The van der Waals surface area contributed by atoms with Crippen molar-refractivity contribution in [2.24, 2.45) is 0 Å². The van der Waals surface area contributed by atoms with Crippen molar-refractivity contribution >= 4 is 33.7 Å².